The van der Waals surface area contributed by atoms with Gasteiger partial charge in [-0.25, -0.2) is 0 Å². The van der Waals surface area contributed by atoms with Crippen LogP contribution in [0.4, 0.5) is 5.69 Å². The average molecular weight is 619 g/mol. The Labute approximate surface area is 237 Å². The van der Waals surface area contributed by atoms with Gasteiger partial charge in [0.25, 0.3) is 0 Å². The van der Waals surface area contributed by atoms with E-state index in [0.29, 0.717) is 13.2 Å². The third kappa shape index (κ3) is 6.74. The Morgan fingerprint density at radius 3 is 2.11 bits per heavy atom. The van der Waals surface area contributed by atoms with Gasteiger partial charge in [0.05, 0.1) is 5.69 Å². The molecule has 0 saturated carbocycles. The molecule has 5 rings (SSSR count). The number of rotatable bonds is 9. The van der Waals surface area contributed by atoms with Crippen LogP contribution >= 0.6 is 22.6 Å². The highest BCUT2D eigenvalue weighted by atomic mass is 127. The summed E-state index contributed by atoms with van der Waals surface area (Å²) in [5.74, 6) is 1.47. The van der Waals surface area contributed by atoms with Crippen molar-refractivity contribution in [3.63, 3.8) is 0 Å². The molecule has 1 amide bonds. The number of ether oxygens (including phenoxy) is 2. The number of fused-ring (bicyclic) bond motifs is 1. The fourth-order valence-electron chi connectivity index (χ4n) is 4.74. The van der Waals surface area contributed by atoms with Crippen LogP contribution in [-0.2, 0) is 30.8 Å². The topological polar surface area (TPSA) is 59.6 Å². The van der Waals surface area contributed by atoms with Crippen LogP contribution in [0.25, 0.3) is 0 Å². The number of hydrogen-bond donors (Lipinski definition) is 2. The van der Waals surface area contributed by atoms with E-state index in [4.69, 9.17) is 9.47 Å². The Balaban J connectivity index is 1.41. The van der Waals surface area contributed by atoms with Crippen LogP contribution in [-0.4, -0.2) is 12.5 Å². The minimum atomic E-state index is -0.0631. The lowest BCUT2D eigenvalue weighted by molar-refractivity contribution is -0.114. The van der Waals surface area contributed by atoms with Gasteiger partial charge in [-0.05, 0) is 94.1 Å². The van der Waals surface area contributed by atoms with Crippen molar-refractivity contribution in [3.05, 3.63) is 122 Å². The number of carbonyl (C=O) groups is 1. The molecule has 2 N–H and O–H groups in total. The number of carbonyl (C=O) groups excluding carboxylic acids is 1. The zero-order valence-electron chi connectivity index (χ0n) is 21.4. The van der Waals surface area contributed by atoms with Crippen LogP contribution in [0, 0.1) is 3.57 Å². The van der Waals surface area contributed by atoms with E-state index >= 15 is 0 Å². The second kappa shape index (κ2) is 12.5. The third-order valence-electron chi connectivity index (χ3n) is 6.62. The molecule has 0 bridgehead atoms. The summed E-state index contributed by atoms with van der Waals surface area (Å²) in [5, 5.41) is 6.59. The maximum atomic E-state index is 11.5. The van der Waals surface area contributed by atoms with Gasteiger partial charge in [0.15, 0.2) is 11.5 Å². The van der Waals surface area contributed by atoms with Gasteiger partial charge in [0, 0.05) is 16.5 Å². The van der Waals surface area contributed by atoms with Crippen LogP contribution in [0.1, 0.15) is 40.8 Å². The smallest absolute Gasteiger partial charge is 0.221 e. The van der Waals surface area contributed by atoms with Gasteiger partial charge in [-0.3, -0.25) is 4.79 Å². The molecule has 38 heavy (non-hydrogen) atoms. The molecule has 1 unspecified atom stereocenters. The van der Waals surface area contributed by atoms with Crippen LogP contribution < -0.4 is 20.1 Å². The highest BCUT2D eigenvalue weighted by molar-refractivity contribution is 14.1. The zero-order chi connectivity index (χ0) is 26.3. The summed E-state index contributed by atoms with van der Waals surface area (Å²) in [5.41, 5.74) is 6.82. The Hall–Kier alpha value is -3.36. The van der Waals surface area contributed by atoms with Crippen LogP contribution in [0.3, 0.4) is 0 Å². The lowest BCUT2D eigenvalue weighted by Crippen LogP contribution is -2.31. The predicted molar refractivity (Wildman–Crippen MR) is 160 cm³/mol. The highest BCUT2D eigenvalue weighted by Gasteiger charge is 2.24. The molecule has 0 saturated heterocycles. The molecular formula is C32H31IN2O3. The van der Waals surface area contributed by atoms with Crippen molar-refractivity contribution in [2.75, 3.05) is 11.9 Å². The fraction of sp³-hybridized carbons (Fsp3) is 0.219. The molecular weight excluding hydrogens is 587 g/mol. The van der Waals surface area contributed by atoms with Gasteiger partial charge in [-0.15, -0.1) is 0 Å². The Morgan fingerprint density at radius 2 is 1.50 bits per heavy atom. The fourth-order valence-corrected chi connectivity index (χ4v) is 5.45. The molecule has 1 atom stereocenters. The zero-order valence-corrected chi connectivity index (χ0v) is 23.5. The van der Waals surface area contributed by atoms with E-state index < -0.39 is 0 Å². The van der Waals surface area contributed by atoms with Crippen LogP contribution in [0.2, 0.25) is 0 Å². The van der Waals surface area contributed by atoms with Crippen molar-refractivity contribution in [1.82, 2.24) is 5.32 Å². The monoisotopic (exact) mass is 618 g/mol. The van der Waals surface area contributed by atoms with Crippen molar-refractivity contribution in [1.29, 1.82) is 0 Å². The Bertz CT molecular complexity index is 1390. The third-order valence-corrected chi connectivity index (χ3v) is 7.52. The maximum Gasteiger partial charge on any atom is 0.221 e. The summed E-state index contributed by atoms with van der Waals surface area (Å²) in [4.78, 5) is 11.5. The molecule has 1 aliphatic heterocycles. The van der Waals surface area contributed by atoms with E-state index in [1.54, 1.807) is 0 Å². The highest BCUT2D eigenvalue weighted by Crippen LogP contribution is 2.38. The first-order valence-electron chi connectivity index (χ1n) is 12.8. The summed E-state index contributed by atoms with van der Waals surface area (Å²) in [6, 6.07) is 31.1. The van der Waals surface area contributed by atoms with E-state index in [1.807, 2.05) is 42.5 Å². The van der Waals surface area contributed by atoms with Crippen LogP contribution in [0.15, 0.2) is 91.0 Å². The standard InChI is InChI=1S/C32H31IN2O3/c1-22(36)35-29-13-12-25(16-28(29)33)17-30-27-19-32(38-21-24-10-6-3-7-11-24)31(18-26(27)14-15-34-30)37-20-23-8-4-2-5-9-23/h2-13,16,18-19,30,34H,14-15,17,20-21H2,1H3,(H,35,36). The van der Waals surface area contributed by atoms with E-state index in [1.165, 1.54) is 23.6 Å². The van der Waals surface area contributed by atoms with E-state index in [2.05, 4.69) is 81.8 Å². The van der Waals surface area contributed by atoms with Crippen molar-refractivity contribution in [2.45, 2.75) is 39.0 Å². The maximum absolute atomic E-state index is 11.5. The molecule has 0 aromatic heterocycles. The molecule has 6 heteroatoms. The summed E-state index contributed by atoms with van der Waals surface area (Å²) < 4.78 is 13.7. The van der Waals surface area contributed by atoms with E-state index in [0.717, 1.165) is 51.3 Å². The van der Waals surface area contributed by atoms with E-state index in [9.17, 15) is 4.79 Å². The largest absolute Gasteiger partial charge is 0.485 e. The Kier molecular flexibility index (Phi) is 8.61. The van der Waals surface area contributed by atoms with Gasteiger partial charge >= 0.3 is 0 Å². The van der Waals surface area contributed by atoms with Gasteiger partial charge in [-0.2, -0.15) is 0 Å². The molecule has 1 heterocycles. The second-order valence-electron chi connectivity index (χ2n) is 9.50. The molecule has 0 spiro atoms. The molecule has 194 valence electrons. The Morgan fingerprint density at radius 1 is 0.868 bits per heavy atom. The molecule has 0 fully saturated rings. The quantitative estimate of drug-likeness (QED) is 0.202. The summed E-state index contributed by atoms with van der Waals surface area (Å²) in [6.07, 6.45) is 1.77. The molecule has 0 radical (unpaired) electrons. The number of hydrogen-bond acceptors (Lipinski definition) is 4. The number of anilines is 1. The van der Waals surface area contributed by atoms with Gasteiger partial charge in [0.2, 0.25) is 5.91 Å². The molecule has 5 nitrogen and oxygen atoms in total. The minimum absolute atomic E-state index is 0.0631. The van der Waals surface area contributed by atoms with Crippen molar-refractivity contribution in [3.8, 4) is 11.5 Å². The second-order valence-corrected chi connectivity index (χ2v) is 10.7. The summed E-state index contributed by atoms with van der Waals surface area (Å²) in [7, 11) is 0. The SMILES string of the molecule is CC(=O)Nc1ccc(CC2NCCc3cc(OCc4ccccc4)c(OCc4ccccc4)cc32)cc1I. The summed E-state index contributed by atoms with van der Waals surface area (Å²) in [6.45, 7) is 3.40. The van der Waals surface area contributed by atoms with Crippen molar-refractivity contribution >= 4 is 34.2 Å². The average Bonchev–Trinajstić information content (AvgIpc) is 2.93. The molecule has 4 aromatic carbocycles. The number of halogens is 1. The first-order chi connectivity index (χ1) is 18.5. The lowest BCUT2D eigenvalue weighted by atomic mass is 9.89. The number of nitrogens with one attached hydrogen (secondary N) is 2. The predicted octanol–water partition coefficient (Wildman–Crippen LogP) is 6.84. The first-order valence-corrected chi connectivity index (χ1v) is 13.9. The lowest BCUT2D eigenvalue weighted by Gasteiger charge is -2.29. The van der Waals surface area contributed by atoms with Crippen molar-refractivity contribution in [2.24, 2.45) is 0 Å². The number of amides is 1. The molecule has 0 aliphatic carbocycles. The van der Waals surface area contributed by atoms with Crippen molar-refractivity contribution < 1.29 is 14.3 Å². The van der Waals surface area contributed by atoms with Gasteiger partial charge in [-0.1, -0.05) is 66.7 Å². The van der Waals surface area contributed by atoms with Gasteiger partial charge in [0.1, 0.15) is 13.2 Å². The van der Waals surface area contributed by atoms with E-state index in [-0.39, 0.29) is 11.9 Å². The molecule has 4 aromatic rings. The van der Waals surface area contributed by atoms with Gasteiger partial charge < -0.3 is 20.1 Å². The normalized spacial score (nSPS) is 14.4. The van der Waals surface area contributed by atoms with Crippen LogP contribution in [0.5, 0.6) is 11.5 Å². The minimum Gasteiger partial charge on any atom is -0.485 e. The first kappa shape index (κ1) is 26.3. The summed E-state index contributed by atoms with van der Waals surface area (Å²) >= 11 is 2.28. The number of benzene rings is 4. The molecule has 1 aliphatic rings.